The lowest BCUT2D eigenvalue weighted by Crippen LogP contribution is -2.39. The van der Waals surface area contributed by atoms with E-state index in [-0.39, 0.29) is 11.7 Å². The van der Waals surface area contributed by atoms with Crippen LogP contribution in [0.3, 0.4) is 0 Å². The second kappa shape index (κ2) is 10.2. The summed E-state index contributed by atoms with van der Waals surface area (Å²) in [6, 6.07) is 5.11. The van der Waals surface area contributed by atoms with Crippen LogP contribution in [0.2, 0.25) is 0 Å². The fourth-order valence-corrected chi connectivity index (χ4v) is 2.28. The van der Waals surface area contributed by atoms with Crippen molar-refractivity contribution in [2.24, 2.45) is 4.99 Å². The van der Waals surface area contributed by atoms with Gasteiger partial charge in [0.25, 0.3) is 0 Å². The van der Waals surface area contributed by atoms with Gasteiger partial charge in [0, 0.05) is 45.1 Å². The molecule has 0 aliphatic heterocycles. The first-order valence-electron chi connectivity index (χ1n) is 7.52. The van der Waals surface area contributed by atoms with E-state index < -0.39 is 0 Å². The number of carbonyl (C=O) groups is 1. The van der Waals surface area contributed by atoms with Gasteiger partial charge in [-0.15, -0.1) is 0 Å². The number of hydrogen-bond acceptors (Lipinski definition) is 2. The number of aryl methyl sites for hydroxylation is 1. The zero-order chi connectivity index (χ0) is 17.2. The van der Waals surface area contributed by atoms with Gasteiger partial charge in [0.05, 0.1) is 0 Å². The lowest BCUT2D eigenvalue weighted by atomic mass is 10.1. The molecule has 2 N–H and O–H groups in total. The topological polar surface area (TPSA) is 56.7 Å². The predicted octanol–water partition coefficient (Wildman–Crippen LogP) is 2.16. The van der Waals surface area contributed by atoms with Gasteiger partial charge in [0.2, 0.25) is 5.91 Å². The lowest BCUT2D eigenvalue weighted by molar-refractivity contribution is -0.128. The van der Waals surface area contributed by atoms with Crippen molar-refractivity contribution in [3.63, 3.8) is 0 Å². The molecule has 0 radical (unpaired) electrons. The zero-order valence-corrected chi connectivity index (χ0v) is 15.4. The molecular weight excluding hydrogens is 363 g/mol. The molecular formula is C16H24BrFN4O. The molecule has 0 saturated heterocycles. The first-order chi connectivity index (χ1) is 10.9. The second-order valence-electron chi connectivity index (χ2n) is 5.30. The number of nitrogens with zero attached hydrogens (tertiary/aromatic N) is 2. The van der Waals surface area contributed by atoms with Gasteiger partial charge in [-0.05, 0) is 30.5 Å². The van der Waals surface area contributed by atoms with Crippen molar-refractivity contribution in [1.82, 2.24) is 15.5 Å². The van der Waals surface area contributed by atoms with Crippen molar-refractivity contribution in [3.05, 3.63) is 34.1 Å². The van der Waals surface area contributed by atoms with Crippen LogP contribution in [0.15, 0.2) is 27.7 Å². The maximum atomic E-state index is 13.7. The van der Waals surface area contributed by atoms with Gasteiger partial charge in [0.1, 0.15) is 5.82 Å². The van der Waals surface area contributed by atoms with Crippen molar-refractivity contribution in [1.29, 1.82) is 0 Å². The fourth-order valence-electron chi connectivity index (χ4n) is 1.94. The van der Waals surface area contributed by atoms with E-state index in [9.17, 15) is 9.18 Å². The number of nitrogens with one attached hydrogen (secondary N) is 2. The van der Waals surface area contributed by atoms with Crippen LogP contribution in [0.5, 0.6) is 0 Å². The molecule has 1 amide bonds. The van der Waals surface area contributed by atoms with Gasteiger partial charge in [-0.2, -0.15) is 0 Å². The van der Waals surface area contributed by atoms with Crippen LogP contribution in [-0.4, -0.2) is 51.0 Å². The maximum absolute atomic E-state index is 13.7. The predicted molar refractivity (Wildman–Crippen MR) is 95.1 cm³/mol. The first kappa shape index (κ1) is 19.4. The third-order valence-corrected chi connectivity index (χ3v) is 3.78. The Labute approximate surface area is 145 Å². The van der Waals surface area contributed by atoms with Gasteiger partial charge >= 0.3 is 0 Å². The number of carbonyl (C=O) groups excluding carboxylic acids is 1. The summed E-state index contributed by atoms with van der Waals surface area (Å²) in [5, 5.41) is 6.24. The Morgan fingerprint density at radius 2 is 2.00 bits per heavy atom. The number of benzene rings is 1. The number of aliphatic imine (C=N–C) groups is 1. The normalized spacial score (nSPS) is 11.3. The van der Waals surface area contributed by atoms with Crippen LogP contribution in [0.25, 0.3) is 0 Å². The van der Waals surface area contributed by atoms with E-state index in [0.29, 0.717) is 37.5 Å². The van der Waals surface area contributed by atoms with E-state index >= 15 is 0 Å². The van der Waals surface area contributed by atoms with Gasteiger partial charge in [-0.3, -0.25) is 9.79 Å². The molecule has 128 valence electrons. The Morgan fingerprint density at radius 1 is 1.30 bits per heavy atom. The summed E-state index contributed by atoms with van der Waals surface area (Å²) in [4.78, 5) is 17.1. The largest absolute Gasteiger partial charge is 0.356 e. The third-order valence-electron chi connectivity index (χ3n) is 3.28. The quantitative estimate of drug-likeness (QED) is 0.428. The molecule has 0 saturated carbocycles. The minimum absolute atomic E-state index is 0.0682. The summed E-state index contributed by atoms with van der Waals surface area (Å²) < 4.78 is 14.4. The van der Waals surface area contributed by atoms with Crippen LogP contribution in [0.4, 0.5) is 4.39 Å². The molecule has 1 rings (SSSR count). The molecule has 0 atom stereocenters. The van der Waals surface area contributed by atoms with E-state index in [1.54, 1.807) is 32.1 Å². The highest BCUT2D eigenvalue weighted by atomic mass is 79.9. The van der Waals surface area contributed by atoms with Crippen molar-refractivity contribution in [3.8, 4) is 0 Å². The van der Waals surface area contributed by atoms with Crippen molar-refractivity contribution >= 4 is 27.8 Å². The fraction of sp³-hybridized carbons (Fsp3) is 0.500. The van der Waals surface area contributed by atoms with Crippen molar-refractivity contribution in [2.45, 2.75) is 19.3 Å². The zero-order valence-electron chi connectivity index (χ0n) is 13.8. The molecule has 0 bridgehead atoms. The van der Waals surface area contributed by atoms with E-state index in [1.165, 1.54) is 6.07 Å². The smallest absolute Gasteiger partial charge is 0.223 e. The molecule has 0 aliphatic rings. The first-order valence-corrected chi connectivity index (χ1v) is 8.32. The Morgan fingerprint density at radius 3 is 2.61 bits per heavy atom. The molecule has 1 aromatic carbocycles. The molecule has 0 unspecified atom stereocenters. The van der Waals surface area contributed by atoms with Crippen molar-refractivity contribution in [2.75, 3.05) is 34.2 Å². The van der Waals surface area contributed by atoms with E-state index in [0.717, 1.165) is 10.9 Å². The number of guanidine groups is 1. The highest BCUT2D eigenvalue weighted by molar-refractivity contribution is 9.10. The molecule has 1 aromatic rings. The highest BCUT2D eigenvalue weighted by Crippen LogP contribution is 2.16. The van der Waals surface area contributed by atoms with Gasteiger partial charge < -0.3 is 15.5 Å². The molecule has 0 aliphatic carbocycles. The Hall–Kier alpha value is -1.63. The molecule has 0 spiro atoms. The Balaban J connectivity index is 2.26. The SMILES string of the molecule is CN=C(NCCCc1ccc(Br)cc1F)NCCC(=O)N(C)C. The highest BCUT2D eigenvalue weighted by Gasteiger charge is 2.05. The molecule has 23 heavy (non-hydrogen) atoms. The molecule has 0 fully saturated rings. The average Bonchev–Trinajstić information content (AvgIpc) is 2.51. The molecule has 0 heterocycles. The number of halogens is 2. The molecule has 0 aromatic heterocycles. The number of hydrogen-bond donors (Lipinski definition) is 2. The molecule has 7 heteroatoms. The summed E-state index contributed by atoms with van der Waals surface area (Å²) in [7, 11) is 5.14. The average molecular weight is 387 g/mol. The summed E-state index contributed by atoms with van der Waals surface area (Å²) in [5.74, 6) is 0.524. The van der Waals surface area contributed by atoms with E-state index in [4.69, 9.17) is 0 Å². The Bertz CT molecular complexity index is 549. The van der Waals surface area contributed by atoms with Crippen LogP contribution in [0.1, 0.15) is 18.4 Å². The summed E-state index contributed by atoms with van der Waals surface area (Å²) in [6.45, 7) is 1.20. The number of amides is 1. The van der Waals surface area contributed by atoms with Crippen LogP contribution in [0, 0.1) is 5.82 Å². The Kier molecular flexibility index (Phi) is 8.61. The summed E-state index contributed by atoms with van der Waals surface area (Å²) in [5.41, 5.74) is 0.703. The minimum Gasteiger partial charge on any atom is -0.356 e. The van der Waals surface area contributed by atoms with Crippen LogP contribution < -0.4 is 10.6 Å². The summed E-state index contributed by atoms with van der Waals surface area (Å²) in [6.07, 6.45) is 1.86. The molecule has 5 nitrogen and oxygen atoms in total. The van der Waals surface area contributed by atoms with Gasteiger partial charge in [-0.25, -0.2) is 4.39 Å². The third kappa shape index (κ3) is 7.45. The van der Waals surface area contributed by atoms with Crippen LogP contribution in [-0.2, 0) is 11.2 Å². The van der Waals surface area contributed by atoms with Crippen molar-refractivity contribution < 1.29 is 9.18 Å². The van der Waals surface area contributed by atoms with E-state index in [1.807, 2.05) is 6.07 Å². The summed E-state index contributed by atoms with van der Waals surface area (Å²) >= 11 is 3.25. The monoisotopic (exact) mass is 386 g/mol. The maximum Gasteiger partial charge on any atom is 0.223 e. The van der Waals surface area contributed by atoms with Crippen LogP contribution >= 0.6 is 15.9 Å². The standard InChI is InChI=1S/C16H24BrFN4O/c1-19-16(21-10-8-15(23)22(2)3)20-9-4-5-12-6-7-13(17)11-14(12)18/h6-7,11H,4-5,8-10H2,1-3H3,(H2,19,20,21). The van der Waals surface area contributed by atoms with Gasteiger partial charge in [0.15, 0.2) is 5.96 Å². The second-order valence-corrected chi connectivity index (χ2v) is 6.22. The number of rotatable bonds is 7. The lowest BCUT2D eigenvalue weighted by Gasteiger charge is -2.13. The van der Waals surface area contributed by atoms with E-state index in [2.05, 4.69) is 31.6 Å². The van der Waals surface area contributed by atoms with Gasteiger partial charge in [-0.1, -0.05) is 22.0 Å². The minimum atomic E-state index is -0.191.